The Morgan fingerprint density at radius 2 is 1.98 bits per heavy atom. The van der Waals surface area contributed by atoms with E-state index in [1.807, 2.05) is 36.6 Å². The average molecular weight is 617 g/mol. The van der Waals surface area contributed by atoms with Crippen LogP contribution < -0.4 is 15.5 Å². The van der Waals surface area contributed by atoms with Crippen LogP contribution in [0.25, 0.3) is 27.7 Å². The number of fused-ring (bicyclic) bond motifs is 2. The average Bonchev–Trinajstić information content (AvgIpc) is 2.99. The minimum Gasteiger partial charge on any atom is -0.507 e. The van der Waals surface area contributed by atoms with Gasteiger partial charge in [0.25, 0.3) is 0 Å². The molecule has 0 bridgehead atoms. The third-order valence-electron chi connectivity index (χ3n) is 8.68. The molecule has 1 saturated heterocycles. The predicted molar refractivity (Wildman–Crippen MR) is 172 cm³/mol. The summed E-state index contributed by atoms with van der Waals surface area (Å²) in [7, 11) is 1.80. The van der Waals surface area contributed by atoms with Crippen LogP contribution in [0.3, 0.4) is 0 Å². The summed E-state index contributed by atoms with van der Waals surface area (Å²) in [5.74, 6) is -0.580. The van der Waals surface area contributed by atoms with E-state index in [2.05, 4.69) is 16.5 Å². The molecule has 1 atom stereocenters. The second-order valence-electron chi connectivity index (χ2n) is 11.7. The molecule has 6 rings (SSSR count). The van der Waals surface area contributed by atoms with Gasteiger partial charge in [-0.15, -0.1) is 0 Å². The topological polar surface area (TPSA) is 94.8 Å². The van der Waals surface area contributed by atoms with Crippen LogP contribution >= 0.6 is 11.6 Å². The summed E-state index contributed by atoms with van der Waals surface area (Å²) in [6.07, 6.45) is 3.60. The molecule has 0 radical (unpaired) electrons. The van der Waals surface area contributed by atoms with Crippen LogP contribution in [-0.4, -0.2) is 69.7 Å². The monoisotopic (exact) mass is 616 g/mol. The number of amides is 1. The van der Waals surface area contributed by atoms with Crippen molar-refractivity contribution in [3.63, 3.8) is 0 Å². The number of carbonyl (C=O) groups is 1. The van der Waals surface area contributed by atoms with Crippen LogP contribution in [-0.2, 0) is 4.79 Å². The van der Waals surface area contributed by atoms with E-state index in [4.69, 9.17) is 11.6 Å². The van der Waals surface area contributed by atoms with Gasteiger partial charge in [0, 0.05) is 56.6 Å². The number of benzene rings is 2. The van der Waals surface area contributed by atoms with E-state index in [0.29, 0.717) is 60.7 Å². The van der Waals surface area contributed by atoms with Crippen molar-refractivity contribution in [3.8, 4) is 22.6 Å². The Hall–Kier alpha value is -4.44. The van der Waals surface area contributed by atoms with E-state index in [-0.39, 0.29) is 45.5 Å². The highest BCUT2D eigenvalue weighted by atomic mass is 35.5. The molecule has 2 aromatic heterocycles. The molecule has 1 N–H and O–H groups in total. The van der Waals surface area contributed by atoms with Gasteiger partial charge in [0.05, 0.1) is 33.0 Å². The lowest BCUT2D eigenvalue weighted by atomic mass is 9.96. The van der Waals surface area contributed by atoms with Crippen molar-refractivity contribution in [1.29, 1.82) is 0 Å². The molecule has 11 heteroatoms. The Bertz CT molecular complexity index is 1870. The Labute approximate surface area is 259 Å². The van der Waals surface area contributed by atoms with Gasteiger partial charge in [0.2, 0.25) is 5.91 Å². The number of aryl methyl sites for hydroxylation is 1. The highest BCUT2D eigenvalue weighted by Gasteiger charge is 2.36. The van der Waals surface area contributed by atoms with Crippen molar-refractivity contribution in [2.24, 2.45) is 0 Å². The van der Waals surface area contributed by atoms with Gasteiger partial charge < -0.3 is 19.8 Å². The summed E-state index contributed by atoms with van der Waals surface area (Å²) in [4.78, 5) is 41.6. The lowest BCUT2D eigenvalue weighted by Gasteiger charge is -2.44. The van der Waals surface area contributed by atoms with Crippen LogP contribution in [0.2, 0.25) is 5.02 Å². The molecule has 1 unspecified atom stereocenters. The molecule has 2 aromatic carbocycles. The third kappa shape index (κ3) is 4.68. The number of piperazine rings is 1. The number of hydrogen-bond acceptors (Lipinski definition) is 7. The zero-order valence-corrected chi connectivity index (χ0v) is 25.9. The number of phenolic OH excluding ortho intramolecular Hbond substituents is 1. The first-order valence-corrected chi connectivity index (χ1v) is 15.0. The third-order valence-corrected chi connectivity index (χ3v) is 9.00. The second kappa shape index (κ2) is 11.2. The molecule has 2 aliphatic heterocycles. The first kappa shape index (κ1) is 29.6. The molecular formula is C33H34ClFN6O3. The van der Waals surface area contributed by atoms with Gasteiger partial charge in [0.15, 0.2) is 5.82 Å². The van der Waals surface area contributed by atoms with E-state index in [1.165, 1.54) is 16.7 Å². The van der Waals surface area contributed by atoms with Crippen LogP contribution in [0.4, 0.5) is 15.9 Å². The number of carbonyl (C=O) groups excluding carboxylic acids is 1. The van der Waals surface area contributed by atoms with Gasteiger partial charge in [-0.25, -0.2) is 9.18 Å². The van der Waals surface area contributed by atoms with Crippen molar-refractivity contribution in [3.05, 3.63) is 81.8 Å². The van der Waals surface area contributed by atoms with Crippen molar-refractivity contribution < 1.29 is 14.3 Å². The van der Waals surface area contributed by atoms with E-state index in [1.54, 1.807) is 36.3 Å². The number of nitrogens with zero attached hydrogens (tertiary/aromatic N) is 6. The minimum atomic E-state index is -0.581. The molecule has 0 saturated carbocycles. The fraction of sp³-hybridized carbons (Fsp3) is 0.333. The summed E-state index contributed by atoms with van der Waals surface area (Å²) in [5.41, 5.74) is 2.43. The first-order valence-electron chi connectivity index (χ1n) is 14.7. The Balaban J connectivity index is 1.75. The molecule has 4 aromatic rings. The van der Waals surface area contributed by atoms with Gasteiger partial charge >= 0.3 is 5.69 Å². The van der Waals surface area contributed by atoms with Gasteiger partial charge in [-0.2, -0.15) is 4.98 Å². The Morgan fingerprint density at radius 3 is 2.68 bits per heavy atom. The first-order chi connectivity index (χ1) is 21.0. The highest BCUT2D eigenvalue weighted by Crippen LogP contribution is 2.46. The molecule has 0 aliphatic carbocycles. The summed E-state index contributed by atoms with van der Waals surface area (Å²) < 4.78 is 18.5. The van der Waals surface area contributed by atoms with Crippen molar-refractivity contribution in [2.75, 3.05) is 43.0 Å². The smallest absolute Gasteiger partial charge is 0.354 e. The fourth-order valence-electron chi connectivity index (χ4n) is 6.52. The molecule has 4 heterocycles. The molecule has 0 spiro atoms. The highest BCUT2D eigenvalue weighted by molar-refractivity contribution is 6.33. The lowest BCUT2D eigenvalue weighted by Crippen LogP contribution is -2.56. The summed E-state index contributed by atoms with van der Waals surface area (Å²) >= 11 is 6.57. The molecule has 9 nitrogen and oxygen atoms in total. The van der Waals surface area contributed by atoms with Gasteiger partial charge in [-0.05, 0) is 55.2 Å². The van der Waals surface area contributed by atoms with Crippen LogP contribution in [0.15, 0.2) is 54.0 Å². The number of pyridine rings is 1. The Kier molecular flexibility index (Phi) is 7.57. The van der Waals surface area contributed by atoms with E-state index in [9.17, 15) is 14.7 Å². The molecular weight excluding hydrogens is 583 g/mol. The van der Waals surface area contributed by atoms with Crippen molar-refractivity contribution >= 4 is 39.9 Å². The number of hydrogen-bond donors (Lipinski definition) is 1. The van der Waals surface area contributed by atoms with Gasteiger partial charge in [-0.3, -0.25) is 14.3 Å². The molecule has 44 heavy (non-hydrogen) atoms. The number of phenols is 1. The number of aromatic nitrogens is 3. The maximum Gasteiger partial charge on any atom is 0.354 e. The zero-order valence-electron chi connectivity index (χ0n) is 25.1. The number of halogens is 2. The van der Waals surface area contributed by atoms with Gasteiger partial charge in [0.1, 0.15) is 11.6 Å². The Morgan fingerprint density at radius 1 is 1.20 bits per heavy atom. The normalized spacial score (nSPS) is 16.6. The fourth-order valence-corrected chi connectivity index (χ4v) is 6.79. The maximum atomic E-state index is 17.0. The number of anilines is 2. The summed E-state index contributed by atoms with van der Waals surface area (Å²) in [5, 5.41) is 11.5. The van der Waals surface area contributed by atoms with Crippen LogP contribution in [0, 0.1) is 12.7 Å². The zero-order chi connectivity index (χ0) is 31.4. The lowest BCUT2D eigenvalue weighted by molar-refractivity contribution is -0.126. The molecule has 1 fully saturated rings. The van der Waals surface area contributed by atoms with E-state index in [0.717, 1.165) is 5.56 Å². The quantitative estimate of drug-likeness (QED) is 0.306. The minimum absolute atomic E-state index is 0.0278. The summed E-state index contributed by atoms with van der Waals surface area (Å²) in [6, 6.07) is 7.90. The summed E-state index contributed by atoms with van der Waals surface area (Å²) in [6.45, 7) is 11.2. The number of rotatable bonds is 4. The molecule has 1 amide bonds. The predicted octanol–water partition coefficient (Wildman–Crippen LogP) is 5.42. The van der Waals surface area contributed by atoms with Crippen LogP contribution in [0.5, 0.6) is 5.75 Å². The maximum absolute atomic E-state index is 17.0. The largest absolute Gasteiger partial charge is 0.507 e. The second-order valence-corrected chi connectivity index (χ2v) is 12.1. The van der Waals surface area contributed by atoms with E-state index < -0.39 is 11.5 Å². The standard InChI is InChI=1S/C33H34ClFN6O3/c1-6-25(43)39-14-15-40-20(17-39)11-13-38(5)31-27-23(16-21(28(31)35)26-22(34)8-7-9-24(26)42)41(33(44)37-32(27)40)30-19(4)10-12-36-29(30)18(2)3/h6-10,12,16,18,20,42H,1,11,13-15,17H2,2-5H3. The molecule has 2 aliphatic rings. The SMILES string of the molecule is C=CC(=O)N1CCN2c3nc(=O)n(-c4c(C)ccnc4C(C)C)c4cc(-c5c(O)cccc5Cl)c(F)c(c34)N(C)CCC2C1. The van der Waals surface area contributed by atoms with Crippen molar-refractivity contribution in [2.45, 2.75) is 39.2 Å². The van der Waals surface area contributed by atoms with Gasteiger partial charge in [-0.1, -0.05) is 38.1 Å². The number of aromatic hydroxyl groups is 1. The van der Waals surface area contributed by atoms with Crippen LogP contribution in [0.1, 0.15) is 37.4 Å². The van der Waals surface area contributed by atoms with E-state index >= 15 is 4.39 Å². The van der Waals surface area contributed by atoms with Crippen molar-refractivity contribution in [1.82, 2.24) is 19.4 Å². The molecule has 228 valence electrons.